The molecular formula is C10H7Cl2N3O2. The molecule has 5 nitrogen and oxygen atoms in total. The molecule has 0 bridgehead atoms. The monoisotopic (exact) mass is 271 g/mol. The quantitative estimate of drug-likeness (QED) is 0.853. The normalized spacial score (nSPS) is 10.3. The largest absolute Gasteiger partial charge is 0.338 e. The summed E-state index contributed by atoms with van der Waals surface area (Å²) in [5.41, 5.74) is 0.959. The van der Waals surface area contributed by atoms with Crippen LogP contribution in [0, 0.1) is 6.92 Å². The summed E-state index contributed by atoms with van der Waals surface area (Å²) in [7, 11) is 0. The van der Waals surface area contributed by atoms with Gasteiger partial charge in [-0.1, -0.05) is 28.4 Å². The van der Waals surface area contributed by atoms with Crippen LogP contribution in [0.15, 0.2) is 22.9 Å². The van der Waals surface area contributed by atoms with Crippen LogP contribution in [-0.4, -0.2) is 16.0 Å². The maximum atomic E-state index is 11.7. The Morgan fingerprint density at radius 1 is 1.41 bits per heavy atom. The highest BCUT2D eigenvalue weighted by Crippen LogP contribution is 2.20. The first-order valence-electron chi connectivity index (χ1n) is 4.62. The van der Waals surface area contributed by atoms with Gasteiger partial charge in [-0.3, -0.25) is 10.1 Å². The van der Waals surface area contributed by atoms with E-state index in [1.165, 1.54) is 12.3 Å². The highest BCUT2D eigenvalue weighted by Gasteiger charge is 2.11. The number of pyridine rings is 1. The van der Waals surface area contributed by atoms with Gasteiger partial charge in [-0.25, -0.2) is 4.98 Å². The van der Waals surface area contributed by atoms with Gasteiger partial charge in [0, 0.05) is 12.3 Å². The Hall–Kier alpha value is -1.59. The first kappa shape index (κ1) is 11.9. The van der Waals surface area contributed by atoms with Crippen LogP contribution in [0.25, 0.3) is 0 Å². The fourth-order valence-electron chi connectivity index (χ4n) is 1.15. The predicted molar refractivity (Wildman–Crippen MR) is 63.5 cm³/mol. The second kappa shape index (κ2) is 4.73. The van der Waals surface area contributed by atoms with E-state index in [0.717, 1.165) is 0 Å². The van der Waals surface area contributed by atoms with Crippen LogP contribution in [0.5, 0.6) is 0 Å². The van der Waals surface area contributed by atoms with Crippen LogP contribution < -0.4 is 5.32 Å². The fourth-order valence-corrected chi connectivity index (χ4v) is 1.42. The maximum absolute atomic E-state index is 11.7. The zero-order chi connectivity index (χ0) is 12.4. The fraction of sp³-hybridized carbons (Fsp3) is 0.100. The number of nitrogens with zero attached hydrogens (tertiary/aromatic N) is 2. The van der Waals surface area contributed by atoms with Crippen molar-refractivity contribution in [3.8, 4) is 0 Å². The third-order valence-electron chi connectivity index (χ3n) is 1.92. The van der Waals surface area contributed by atoms with E-state index in [-0.39, 0.29) is 21.6 Å². The molecule has 0 fully saturated rings. The summed E-state index contributed by atoms with van der Waals surface area (Å²) < 4.78 is 4.85. The first-order valence-corrected chi connectivity index (χ1v) is 5.37. The molecule has 0 aliphatic rings. The topological polar surface area (TPSA) is 68.0 Å². The summed E-state index contributed by atoms with van der Waals surface area (Å²) >= 11 is 11.4. The molecule has 2 aromatic heterocycles. The van der Waals surface area contributed by atoms with E-state index in [9.17, 15) is 4.79 Å². The maximum Gasteiger partial charge on any atom is 0.259 e. The number of anilines is 1. The van der Waals surface area contributed by atoms with Gasteiger partial charge in [0.1, 0.15) is 5.15 Å². The predicted octanol–water partition coefficient (Wildman–Crippen LogP) is 2.94. The lowest BCUT2D eigenvalue weighted by molar-refractivity contribution is 0.102. The highest BCUT2D eigenvalue weighted by molar-refractivity contribution is 6.41. The Kier molecular flexibility index (Phi) is 3.31. The van der Waals surface area contributed by atoms with E-state index in [0.29, 0.717) is 5.69 Å². The van der Waals surface area contributed by atoms with Crippen molar-refractivity contribution in [2.75, 3.05) is 5.32 Å². The van der Waals surface area contributed by atoms with Gasteiger partial charge >= 0.3 is 0 Å². The van der Waals surface area contributed by atoms with E-state index in [2.05, 4.69) is 15.5 Å². The molecule has 2 heterocycles. The summed E-state index contributed by atoms with van der Waals surface area (Å²) in [4.78, 5) is 15.5. The second-order valence-electron chi connectivity index (χ2n) is 3.28. The number of carbonyl (C=O) groups excluding carboxylic acids is 1. The molecule has 0 aliphatic carbocycles. The van der Waals surface area contributed by atoms with Crippen LogP contribution >= 0.6 is 23.2 Å². The van der Waals surface area contributed by atoms with E-state index in [1.54, 1.807) is 13.0 Å². The van der Waals surface area contributed by atoms with Gasteiger partial charge in [-0.2, -0.15) is 0 Å². The number of aryl methyl sites for hydroxylation is 1. The van der Waals surface area contributed by atoms with E-state index in [1.807, 2.05) is 0 Å². The van der Waals surface area contributed by atoms with Crippen LogP contribution in [0.4, 0.5) is 5.88 Å². The van der Waals surface area contributed by atoms with Crippen molar-refractivity contribution in [3.05, 3.63) is 39.8 Å². The molecule has 88 valence electrons. The molecule has 7 heteroatoms. The van der Waals surface area contributed by atoms with Crippen LogP contribution in [0.3, 0.4) is 0 Å². The van der Waals surface area contributed by atoms with Crippen molar-refractivity contribution >= 4 is 35.0 Å². The Balaban J connectivity index is 2.17. The van der Waals surface area contributed by atoms with Crippen LogP contribution in [-0.2, 0) is 0 Å². The van der Waals surface area contributed by atoms with Gasteiger partial charge in [0.15, 0.2) is 0 Å². The lowest BCUT2D eigenvalue weighted by Crippen LogP contribution is -2.11. The molecule has 2 rings (SSSR count). The number of rotatable bonds is 2. The molecule has 1 N–H and O–H groups in total. The number of hydrogen-bond donors (Lipinski definition) is 1. The Bertz CT molecular complexity index is 568. The number of hydrogen-bond acceptors (Lipinski definition) is 4. The SMILES string of the molecule is Cc1cc(NC(=O)c2cnc(Cl)c(Cl)c2)on1. The van der Waals surface area contributed by atoms with E-state index >= 15 is 0 Å². The molecule has 0 radical (unpaired) electrons. The molecule has 0 aromatic carbocycles. The third kappa shape index (κ3) is 2.75. The summed E-state index contributed by atoms with van der Waals surface area (Å²) in [6.07, 6.45) is 1.33. The molecular weight excluding hydrogens is 265 g/mol. The number of aromatic nitrogens is 2. The Labute approximate surface area is 107 Å². The third-order valence-corrected chi connectivity index (χ3v) is 2.61. The van der Waals surface area contributed by atoms with E-state index < -0.39 is 5.91 Å². The minimum Gasteiger partial charge on any atom is -0.338 e. The average molecular weight is 272 g/mol. The molecule has 0 spiro atoms. The zero-order valence-corrected chi connectivity index (χ0v) is 10.2. The summed E-state index contributed by atoms with van der Waals surface area (Å²) in [5, 5.41) is 6.53. The summed E-state index contributed by atoms with van der Waals surface area (Å²) in [5.74, 6) is -0.134. The molecule has 1 amide bonds. The summed E-state index contributed by atoms with van der Waals surface area (Å²) in [6, 6.07) is 3.03. The molecule has 2 aromatic rings. The zero-order valence-electron chi connectivity index (χ0n) is 8.70. The van der Waals surface area contributed by atoms with Crippen LogP contribution in [0.2, 0.25) is 10.2 Å². The van der Waals surface area contributed by atoms with Gasteiger partial charge in [0.05, 0.1) is 16.3 Å². The molecule has 0 unspecified atom stereocenters. The molecule has 0 saturated heterocycles. The molecule has 0 aliphatic heterocycles. The van der Waals surface area contributed by atoms with Crippen molar-refractivity contribution in [1.82, 2.24) is 10.1 Å². The number of carbonyl (C=O) groups is 1. The highest BCUT2D eigenvalue weighted by atomic mass is 35.5. The lowest BCUT2D eigenvalue weighted by Gasteiger charge is -2.01. The molecule has 0 saturated carbocycles. The standard InChI is InChI=1S/C10H7Cl2N3O2/c1-5-2-8(17-15-5)14-10(16)6-3-7(11)9(12)13-4-6/h2-4H,1H3,(H,14,16). The number of amides is 1. The minimum absolute atomic E-state index is 0.152. The van der Waals surface area contributed by atoms with Gasteiger partial charge in [-0.15, -0.1) is 0 Å². The van der Waals surface area contributed by atoms with Crippen molar-refractivity contribution in [2.24, 2.45) is 0 Å². The smallest absolute Gasteiger partial charge is 0.259 e. The average Bonchev–Trinajstić information content (AvgIpc) is 2.68. The Morgan fingerprint density at radius 2 is 2.18 bits per heavy atom. The van der Waals surface area contributed by atoms with Crippen molar-refractivity contribution in [2.45, 2.75) is 6.92 Å². The molecule has 0 atom stereocenters. The van der Waals surface area contributed by atoms with Crippen molar-refractivity contribution in [1.29, 1.82) is 0 Å². The first-order chi connectivity index (χ1) is 8.06. The van der Waals surface area contributed by atoms with Gasteiger partial charge < -0.3 is 4.52 Å². The lowest BCUT2D eigenvalue weighted by atomic mass is 10.2. The van der Waals surface area contributed by atoms with Crippen LogP contribution in [0.1, 0.15) is 16.1 Å². The van der Waals surface area contributed by atoms with Crippen molar-refractivity contribution in [3.63, 3.8) is 0 Å². The number of halogens is 2. The molecule has 17 heavy (non-hydrogen) atoms. The van der Waals surface area contributed by atoms with Crippen molar-refractivity contribution < 1.29 is 9.32 Å². The summed E-state index contributed by atoms with van der Waals surface area (Å²) in [6.45, 7) is 1.75. The minimum atomic E-state index is -0.396. The van der Waals surface area contributed by atoms with Gasteiger partial charge in [0.2, 0.25) is 5.88 Å². The van der Waals surface area contributed by atoms with Gasteiger partial charge in [-0.05, 0) is 13.0 Å². The second-order valence-corrected chi connectivity index (χ2v) is 4.05. The van der Waals surface area contributed by atoms with E-state index in [4.69, 9.17) is 27.7 Å². The Morgan fingerprint density at radius 3 is 2.76 bits per heavy atom. The van der Waals surface area contributed by atoms with Gasteiger partial charge in [0.25, 0.3) is 5.91 Å². The number of nitrogens with one attached hydrogen (secondary N) is 1.